The van der Waals surface area contributed by atoms with Crippen LogP contribution in [-0.4, -0.2) is 30.2 Å². The van der Waals surface area contributed by atoms with Gasteiger partial charge in [0.05, 0.1) is 0 Å². The van der Waals surface area contributed by atoms with Gasteiger partial charge in [0.1, 0.15) is 0 Å². The van der Waals surface area contributed by atoms with Gasteiger partial charge in [-0.3, -0.25) is 0 Å². The second-order valence-electron chi connectivity index (χ2n) is 0.416. The van der Waals surface area contributed by atoms with Crippen LogP contribution in [0.1, 0.15) is 0 Å². The van der Waals surface area contributed by atoms with E-state index in [1.165, 1.54) is 0 Å². The van der Waals surface area contributed by atoms with E-state index in [-0.39, 0.29) is 3.42 Å². The van der Waals surface area contributed by atoms with E-state index in [9.17, 15) is 0 Å². The topological polar surface area (TPSA) is 20.2 Å². The summed E-state index contributed by atoms with van der Waals surface area (Å²) < 4.78 is 0.278. The average molecular weight is 253 g/mol. The first-order valence-electron chi connectivity index (χ1n) is 0.801. The predicted octanol–water partition coefficient (Wildman–Crippen LogP) is -0.0836. The molecule has 0 rings (SSSR count). The van der Waals surface area contributed by atoms with Gasteiger partial charge in [-0.2, -0.15) is 0 Å². The molecule has 2 heteroatoms. The zero-order valence-electron chi connectivity index (χ0n) is 2.10. The third-order valence-corrected chi connectivity index (χ3v) is 0. The van der Waals surface area contributed by atoms with Gasteiger partial charge in [0, 0.05) is 0 Å². The molecule has 0 aromatic rings. The molecule has 0 amide bonds. The van der Waals surface area contributed by atoms with E-state index in [2.05, 4.69) is 6.58 Å². The average Bonchev–Trinajstić information content (AvgIpc) is 0.811. The molecule has 0 aromatic heterocycles. The van der Waals surface area contributed by atoms with Crippen molar-refractivity contribution in [3.8, 4) is 0 Å². The minimum absolute atomic E-state index is 0.278. The minimum atomic E-state index is 0.278. The first-order chi connectivity index (χ1) is 1.73. The van der Waals surface area contributed by atoms with Crippen molar-refractivity contribution in [2.45, 2.75) is 0 Å². The molecule has 0 aliphatic rings. The normalized spacial score (nSPS) is 6.25. The van der Waals surface area contributed by atoms with Crippen LogP contribution in [0.5, 0.6) is 0 Å². The molecular weight excluding hydrogens is 249 g/mol. The molecule has 0 fully saturated rings. The first-order valence-corrected chi connectivity index (χ1v) is 2.54. The van der Waals surface area contributed by atoms with E-state index in [1.807, 2.05) is 0 Å². The van der Waals surface area contributed by atoms with Gasteiger partial charge in [0.2, 0.25) is 0 Å². The second kappa shape index (κ2) is 1.73. The standard InChI is InChI=1S/C2H3O.Po.H/c1-2-3;;/h3H,1H2;;. The fourth-order valence-corrected chi connectivity index (χ4v) is 0. The summed E-state index contributed by atoms with van der Waals surface area (Å²) in [6.45, 7) is 3.16. The van der Waals surface area contributed by atoms with Crippen LogP contribution in [0.2, 0.25) is 0 Å². The van der Waals surface area contributed by atoms with Gasteiger partial charge in [0.25, 0.3) is 0 Å². The Kier molecular flexibility index (Phi) is 1.92. The Morgan fingerprint density at radius 2 is 2.00 bits per heavy atom. The molecule has 0 atom stereocenters. The molecule has 0 aliphatic carbocycles. The van der Waals surface area contributed by atoms with Crippen LogP contribution in [0.15, 0.2) is 10.00 Å². The molecule has 1 nitrogen and oxygen atoms in total. The summed E-state index contributed by atoms with van der Waals surface area (Å²) in [5.74, 6) is 0. The molecule has 0 heterocycles. The van der Waals surface area contributed by atoms with Crippen molar-refractivity contribution in [1.82, 2.24) is 0 Å². The molecule has 0 radical (unpaired) electrons. The van der Waals surface area contributed by atoms with E-state index >= 15 is 0 Å². The van der Waals surface area contributed by atoms with Crippen molar-refractivity contribution < 1.29 is 5.11 Å². The Bertz CT molecular complexity index is 29.0. The predicted molar refractivity (Wildman–Crippen MR) is 18.9 cm³/mol. The molecule has 4 heavy (non-hydrogen) atoms. The Balaban J connectivity index is 2.80. The molecule has 0 spiro atoms. The van der Waals surface area contributed by atoms with Gasteiger partial charge in [-0.25, -0.2) is 0 Å². The maximum absolute atomic E-state index is 7.91. The summed E-state index contributed by atoms with van der Waals surface area (Å²) in [7, 11) is 0. The van der Waals surface area contributed by atoms with Gasteiger partial charge < -0.3 is 0 Å². The van der Waals surface area contributed by atoms with Crippen molar-refractivity contribution in [2.24, 2.45) is 0 Å². The van der Waals surface area contributed by atoms with Crippen LogP contribution < -0.4 is 0 Å². The van der Waals surface area contributed by atoms with Gasteiger partial charge in [-0.05, 0) is 0 Å². The Morgan fingerprint density at radius 1 is 2.00 bits per heavy atom. The van der Waals surface area contributed by atoms with Crippen molar-refractivity contribution in [2.75, 3.05) is 0 Å². The van der Waals surface area contributed by atoms with Crippen LogP contribution in [0.4, 0.5) is 0 Å². The van der Waals surface area contributed by atoms with E-state index < -0.39 is 0 Å². The van der Waals surface area contributed by atoms with E-state index in [0.29, 0.717) is 0 Å². The van der Waals surface area contributed by atoms with Gasteiger partial charge in [0.15, 0.2) is 0 Å². The molecule has 0 saturated heterocycles. The Labute approximate surface area is 40.5 Å². The summed E-state index contributed by atoms with van der Waals surface area (Å²) in [5.41, 5.74) is 0. The third-order valence-electron chi connectivity index (χ3n) is 0. The zero-order valence-corrected chi connectivity index (χ0v) is 5.58. The van der Waals surface area contributed by atoms with Crippen molar-refractivity contribution >= 4 is 25.1 Å². The summed E-state index contributed by atoms with van der Waals surface area (Å²) in [4.78, 5) is 0. The monoisotopic (exact) mass is 253 g/mol. The van der Waals surface area contributed by atoms with E-state index in [1.54, 1.807) is 0 Å². The molecule has 24 valence electrons. The fourth-order valence-electron chi connectivity index (χ4n) is 0. The second-order valence-corrected chi connectivity index (χ2v) is 2.42. The number of hydrogen-bond acceptors (Lipinski definition) is 1. The summed E-state index contributed by atoms with van der Waals surface area (Å²) in [6, 6.07) is 0. The maximum atomic E-state index is 7.91. The molecule has 0 saturated carbocycles. The number of hydrogen-bond donors (Lipinski definition) is 1. The number of aliphatic hydroxyl groups is 1. The molecule has 0 bridgehead atoms. The Morgan fingerprint density at radius 3 is 2.00 bits per heavy atom. The van der Waals surface area contributed by atoms with Gasteiger partial charge in [-0.1, -0.05) is 0 Å². The van der Waals surface area contributed by atoms with Crippen molar-refractivity contribution in [3.63, 3.8) is 0 Å². The molecule has 0 aromatic carbocycles. The number of aliphatic hydroxyl groups excluding tert-OH is 1. The molecule has 0 aliphatic heterocycles. The summed E-state index contributed by atoms with van der Waals surface area (Å²) in [5, 5.41) is 7.91. The van der Waals surface area contributed by atoms with Crippen LogP contribution in [0, 0.1) is 0 Å². The van der Waals surface area contributed by atoms with Crippen LogP contribution in [-0.2, 0) is 0 Å². The zero-order chi connectivity index (χ0) is 3.58. The summed E-state index contributed by atoms with van der Waals surface area (Å²) in [6.07, 6.45) is 0. The van der Waals surface area contributed by atoms with E-state index in [0.717, 1.165) is 25.1 Å². The molecular formula is C2H4OPo. The van der Waals surface area contributed by atoms with Gasteiger partial charge in [-0.15, -0.1) is 0 Å². The molecule has 0 unspecified atom stereocenters. The quantitative estimate of drug-likeness (QED) is 0.598. The van der Waals surface area contributed by atoms with E-state index in [4.69, 9.17) is 5.11 Å². The fraction of sp³-hybridized carbons (Fsp3) is 0. The van der Waals surface area contributed by atoms with Crippen LogP contribution >= 0.6 is 0 Å². The number of rotatable bonds is 0. The first kappa shape index (κ1) is 4.44. The Hall–Kier alpha value is 0.436. The van der Waals surface area contributed by atoms with Crippen LogP contribution in [0.3, 0.4) is 0 Å². The van der Waals surface area contributed by atoms with Crippen molar-refractivity contribution in [1.29, 1.82) is 0 Å². The SMILES string of the molecule is C=[C](O)[PoH]. The molecule has 1 N–H and O–H groups in total. The van der Waals surface area contributed by atoms with Gasteiger partial charge >= 0.3 is 40.2 Å². The third kappa shape index (κ3) is 26.4. The summed E-state index contributed by atoms with van der Waals surface area (Å²) >= 11 is 0.873. The van der Waals surface area contributed by atoms with Crippen molar-refractivity contribution in [3.05, 3.63) is 10.00 Å². The van der Waals surface area contributed by atoms with Crippen LogP contribution in [0.25, 0.3) is 0 Å².